The first-order chi connectivity index (χ1) is 16.9. The van der Waals surface area contributed by atoms with E-state index in [-0.39, 0.29) is 17.9 Å². The van der Waals surface area contributed by atoms with E-state index in [1.807, 2.05) is 29.3 Å². The number of rotatable bonds is 7. The fraction of sp³-hybridized carbons (Fsp3) is 0.462. The summed E-state index contributed by atoms with van der Waals surface area (Å²) < 4.78 is 5.31. The summed E-state index contributed by atoms with van der Waals surface area (Å²) in [5.41, 5.74) is 7.54. The summed E-state index contributed by atoms with van der Waals surface area (Å²) in [6, 6.07) is 7.11. The molecule has 1 aromatic carbocycles. The Morgan fingerprint density at radius 2 is 1.94 bits per heavy atom. The number of H-pyrrole nitrogens is 1. The van der Waals surface area contributed by atoms with Crippen LogP contribution in [0.15, 0.2) is 36.5 Å². The molecule has 4 N–H and O–H groups in total. The molecule has 0 aliphatic carbocycles. The van der Waals surface area contributed by atoms with E-state index in [1.165, 1.54) is 7.11 Å². The van der Waals surface area contributed by atoms with Crippen LogP contribution in [0.3, 0.4) is 0 Å². The number of aromatic amines is 1. The van der Waals surface area contributed by atoms with Crippen molar-refractivity contribution in [3.8, 4) is 5.75 Å². The van der Waals surface area contributed by atoms with Crippen LogP contribution in [-0.4, -0.2) is 72.5 Å². The van der Waals surface area contributed by atoms with Gasteiger partial charge in [-0.25, -0.2) is 0 Å². The number of aromatic nitrogens is 1. The van der Waals surface area contributed by atoms with Gasteiger partial charge in [-0.2, -0.15) is 0 Å². The third kappa shape index (κ3) is 6.58. The van der Waals surface area contributed by atoms with Crippen LogP contribution >= 0.6 is 11.6 Å². The molecule has 0 radical (unpaired) electrons. The van der Waals surface area contributed by atoms with Crippen molar-refractivity contribution in [3.05, 3.63) is 52.8 Å². The molecule has 3 heterocycles. The quantitative estimate of drug-likeness (QED) is 0.400. The van der Waals surface area contributed by atoms with Crippen molar-refractivity contribution in [2.45, 2.75) is 31.7 Å². The molecule has 8 nitrogen and oxygen atoms in total. The average Bonchev–Trinajstić information content (AvgIpc) is 3.39. The van der Waals surface area contributed by atoms with Crippen molar-refractivity contribution in [3.63, 3.8) is 0 Å². The van der Waals surface area contributed by atoms with Gasteiger partial charge in [-0.15, -0.1) is 0 Å². The van der Waals surface area contributed by atoms with E-state index in [9.17, 15) is 9.59 Å². The van der Waals surface area contributed by atoms with E-state index >= 15 is 0 Å². The molecule has 188 valence electrons. The average molecular weight is 500 g/mol. The van der Waals surface area contributed by atoms with E-state index in [2.05, 4.69) is 15.2 Å². The van der Waals surface area contributed by atoms with Gasteiger partial charge in [0.1, 0.15) is 5.75 Å². The Morgan fingerprint density at radius 3 is 2.60 bits per heavy atom. The highest BCUT2D eigenvalue weighted by atomic mass is 35.5. The van der Waals surface area contributed by atoms with Gasteiger partial charge in [0.25, 0.3) is 5.91 Å². The summed E-state index contributed by atoms with van der Waals surface area (Å²) in [5, 5.41) is 3.47. The number of likely N-dealkylation sites (tertiary alicyclic amines) is 2. The third-order valence-electron chi connectivity index (χ3n) is 6.96. The molecular formula is C26H34ClN5O3. The first kappa shape index (κ1) is 25.1. The zero-order valence-electron chi connectivity index (χ0n) is 20.1. The van der Waals surface area contributed by atoms with Gasteiger partial charge in [-0.05, 0) is 55.9 Å². The van der Waals surface area contributed by atoms with E-state index in [0.717, 1.165) is 64.1 Å². The first-order valence-corrected chi connectivity index (χ1v) is 12.6. The van der Waals surface area contributed by atoms with Gasteiger partial charge in [0.05, 0.1) is 23.4 Å². The zero-order chi connectivity index (χ0) is 24.8. The Morgan fingerprint density at radius 1 is 1.20 bits per heavy atom. The topological polar surface area (TPSA) is 104 Å². The molecule has 9 heteroatoms. The second-order valence-corrected chi connectivity index (χ2v) is 9.76. The van der Waals surface area contributed by atoms with Crippen molar-refractivity contribution >= 4 is 35.2 Å². The second kappa shape index (κ2) is 11.6. The number of benzene rings is 1. The maximum Gasteiger partial charge on any atom is 0.255 e. The zero-order valence-corrected chi connectivity index (χ0v) is 20.9. The van der Waals surface area contributed by atoms with Crippen LogP contribution in [0.25, 0.3) is 6.08 Å². The van der Waals surface area contributed by atoms with Crippen molar-refractivity contribution in [1.29, 1.82) is 0 Å². The molecule has 0 saturated carbocycles. The van der Waals surface area contributed by atoms with Gasteiger partial charge in [0.2, 0.25) is 5.91 Å². The number of halogens is 1. The molecule has 35 heavy (non-hydrogen) atoms. The summed E-state index contributed by atoms with van der Waals surface area (Å²) in [7, 11) is 1.51. The molecule has 2 amide bonds. The van der Waals surface area contributed by atoms with E-state index in [0.29, 0.717) is 27.9 Å². The molecule has 2 aliphatic rings. The van der Waals surface area contributed by atoms with E-state index in [1.54, 1.807) is 18.2 Å². The van der Waals surface area contributed by atoms with Gasteiger partial charge < -0.3 is 30.6 Å². The predicted molar refractivity (Wildman–Crippen MR) is 138 cm³/mol. The van der Waals surface area contributed by atoms with Crippen LogP contribution in [0.2, 0.25) is 5.02 Å². The fourth-order valence-corrected chi connectivity index (χ4v) is 5.02. The Labute approximate surface area is 211 Å². The molecule has 2 fully saturated rings. The lowest BCUT2D eigenvalue weighted by atomic mass is 9.94. The van der Waals surface area contributed by atoms with Crippen molar-refractivity contribution < 1.29 is 14.3 Å². The minimum Gasteiger partial charge on any atom is -0.496 e. The number of amides is 2. The number of hydrogen-bond donors (Lipinski definition) is 3. The Kier molecular flexibility index (Phi) is 8.36. The predicted octanol–water partition coefficient (Wildman–Crippen LogP) is 3.41. The standard InChI is InChI=1S/C26H34ClN5O3/c1-35-24-16-23(28)22(27)15-21(24)26(34)30-20-8-11-31(12-9-20)17-18-6-13-32(14-7-18)25(33)5-4-19-3-2-10-29-19/h2-5,10,15-16,18,20,29H,6-9,11-14,17,28H2,1H3,(H,30,34)/b5-4+. The fourth-order valence-electron chi connectivity index (χ4n) is 4.85. The summed E-state index contributed by atoms with van der Waals surface area (Å²) in [6.07, 6.45) is 9.18. The van der Waals surface area contributed by atoms with Crippen molar-refractivity contribution in [2.24, 2.45) is 5.92 Å². The number of nitrogens with one attached hydrogen (secondary N) is 2. The lowest BCUT2D eigenvalue weighted by Crippen LogP contribution is -2.47. The highest BCUT2D eigenvalue weighted by molar-refractivity contribution is 6.33. The third-order valence-corrected chi connectivity index (χ3v) is 7.28. The summed E-state index contributed by atoms with van der Waals surface area (Å²) in [5.74, 6) is 0.906. The van der Waals surface area contributed by atoms with E-state index in [4.69, 9.17) is 22.1 Å². The van der Waals surface area contributed by atoms with Crippen molar-refractivity contribution in [1.82, 2.24) is 20.1 Å². The Bertz CT molecular complexity index is 1040. The summed E-state index contributed by atoms with van der Waals surface area (Å²) >= 11 is 6.11. The molecule has 1 aromatic heterocycles. The van der Waals surface area contributed by atoms with Crippen LogP contribution in [-0.2, 0) is 4.79 Å². The lowest BCUT2D eigenvalue weighted by molar-refractivity contribution is -0.127. The number of nitrogens with two attached hydrogens (primary N) is 1. The number of carbonyl (C=O) groups is 2. The largest absolute Gasteiger partial charge is 0.496 e. The second-order valence-electron chi connectivity index (χ2n) is 9.35. The summed E-state index contributed by atoms with van der Waals surface area (Å²) in [6.45, 7) is 4.54. The number of methoxy groups -OCH3 is 1. The van der Waals surface area contributed by atoms with Gasteiger partial charge in [-0.1, -0.05) is 11.6 Å². The molecule has 0 spiro atoms. The SMILES string of the molecule is COc1cc(N)c(Cl)cc1C(=O)NC1CCN(CC2CCN(C(=O)/C=C/c3ccc[nH]3)CC2)CC1. The van der Waals surface area contributed by atoms with Crippen molar-refractivity contribution in [2.75, 3.05) is 45.6 Å². The molecule has 0 unspecified atom stereocenters. The van der Waals surface area contributed by atoms with Crippen LogP contribution < -0.4 is 15.8 Å². The highest BCUT2D eigenvalue weighted by Gasteiger charge is 2.27. The number of piperidine rings is 2. The Hall–Kier alpha value is -2.97. The number of nitrogen functional groups attached to an aromatic ring is 1. The van der Waals surface area contributed by atoms with E-state index < -0.39 is 0 Å². The van der Waals surface area contributed by atoms with Gasteiger partial charge in [-0.3, -0.25) is 9.59 Å². The van der Waals surface area contributed by atoms with Gasteiger partial charge >= 0.3 is 0 Å². The number of nitrogens with zero attached hydrogens (tertiary/aromatic N) is 2. The van der Waals surface area contributed by atoms with Crippen LogP contribution in [0, 0.1) is 5.92 Å². The minimum atomic E-state index is -0.190. The summed E-state index contributed by atoms with van der Waals surface area (Å²) in [4.78, 5) is 32.8. The molecule has 4 rings (SSSR count). The minimum absolute atomic E-state index is 0.0774. The highest BCUT2D eigenvalue weighted by Crippen LogP contribution is 2.29. The maximum atomic E-state index is 12.8. The number of carbonyl (C=O) groups excluding carboxylic acids is 2. The lowest BCUT2D eigenvalue weighted by Gasteiger charge is -2.37. The smallest absolute Gasteiger partial charge is 0.255 e. The van der Waals surface area contributed by atoms with Gasteiger partial charge in [0, 0.05) is 62.8 Å². The van der Waals surface area contributed by atoms with Crippen LogP contribution in [0.1, 0.15) is 41.7 Å². The number of anilines is 1. The Balaban J connectivity index is 1.19. The number of hydrogen-bond acceptors (Lipinski definition) is 5. The van der Waals surface area contributed by atoms with Crippen LogP contribution in [0.4, 0.5) is 5.69 Å². The monoisotopic (exact) mass is 499 g/mol. The first-order valence-electron chi connectivity index (χ1n) is 12.2. The molecule has 0 atom stereocenters. The molecular weight excluding hydrogens is 466 g/mol. The normalized spacial score (nSPS) is 18.2. The maximum absolute atomic E-state index is 12.8. The molecule has 0 bridgehead atoms. The number of ether oxygens (including phenoxy) is 1. The van der Waals surface area contributed by atoms with Gasteiger partial charge in [0.15, 0.2) is 0 Å². The molecule has 2 aromatic rings. The molecule has 2 aliphatic heterocycles. The van der Waals surface area contributed by atoms with Crippen LogP contribution in [0.5, 0.6) is 5.75 Å². The molecule has 2 saturated heterocycles.